The van der Waals surface area contributed by atoms with Crippen LogP contribution in [0.25, 0.3) is 11.0 Å². The number of rotatable bonds is 6. The second kappa shape index (κ2) is 8.48. The molecule has 0 aliphatic carbocycles. The summed E-state index contributed by atoms with van der Waals surface area (Å²) in [6.07, 6.45) is 0. The van der Waals surface area contributed by atoms with Crippen LogP contribution in [-0.2, 0) is 12.3 Å². The van der Waals surface area contributed by atoms with Gasteiger partial charge in [-0.25, -0.2) is 4.79 Å². The van der Waals surface area contributed by atoms with Crippen LogP contribution in [0.3, 0.4) is 0 Å². The maximum atomic E-state index is 12.1. The van der Waals surface area contributed by atoms with Crippen molar-refractivity contribution in [3.63, 3.8) is 0 Å². The summed E-state index contributed by atoms with van der Waals surface area (Å²) < 4.78 is 7.59. The minimum atomic E-state index is -0.322. The number of fused-ring (bicyclic) bond motifs is 1. The van der Waals surface area contributed by atoms with Crippen molar-refractivity contribution >= 4 is 22.7 Å². The van der Waals surface area contributed by atoms with Crippen LogP contribution in [0.1, 0.15) is 47.8 Å². The van der Waals surface area contributed by atoms with E-state index >= 15 is 0 Å². The average Bonchev–Trinajstić information content (AvgIpc) is 3.05. The number of aromatic nitrogens is 3. The predicted molar refractivity (Wildman–Crippen MR) is 121 cm³/mol. The molecule has 0 amide bonds. The molecule has 0 fully saturated rings. The first-order valence-electron chi connectivity index (χ1n) is 10.1. The first-order valence-corrected chi connectivity index (χ1v) is 11.0. The van der Waals surface area contributed by atoms with E-state index in [1.54, 1.807) is 17.8 Å². The lowest BCUT2D eigenvalue weighted by Gasteiger charge is -2.13. The van der Waals surface area contributed by atoms with E-state index in [1.807, 2.05) is 31.2 Å². The summed E-state index contributed by atoms with van der Waals surface area (Å²) in [5.41, 5.74) is 4.89. The molecule has 4 rings (SSSR count). The minimum Gasteiger partial charge on any atom is -0.423 e. The molecule has 0 saturated heterocycles. The number of hydrogen-bond donors (Lipinski definition) is 0. The molecule has 0 atom stereocenters. The van der Waals surface area contributed by atoms with Gasteiger partial charge in [-0.05, 0) is 54.2 Å². The molecule has 2 aromatic carbocycles. The SMILES string of the molecule is Cc1cc2oc(=O)cc(CSc3nnc(C)n3Cc3ccccc3)c2cc1C(C)C. The molecule has 0 unspecified atom stereocenters. The highest BCUT2D eigenvalue weighted by molar-refractivity contribution is 7.98. The Labute approximate surface area is 180 Å². The van der Waals surface area contributed by atoms with Crippen LogP contribution in [0.15, 0.2) is 62.9 Å². The molecular formula is C24H25N3O2S. The van der Waals surface area contributed by atoms with Gasteiger partial charge in [0.05, 0.1) is 6.54 Å². The Morgan fingerprint density at radius 3 is 2.57 bits per heavy atom. The Morgan fingerprint density at radius 1 is 1.07 bits per heavy atom. The lowest BCUT2D eigenvalue weighted by atomic mass is 9.95. The van der Waals surface area contributed by atoms with Gasteiger partial charge in [0.25, 0.3) is 0 Å². The normalized spacial score (nSPS) is 11.5. The Balaban J connectivity index is 1.66. The third-order valence-electron chi connectivity index (χ3n) is 5.28. The van der Waals surface area contributed by atoms with Gasteiger partial charge < -0.3 is 8.98 Å². The summed E-state index contributed by atoms with van der Waals surface area (Å²) >= 11 is 1.59. The summed E-state index contributed by atoms with van der Waals surface area (Å²) in [4.78, 5) is 12.1. The van der Waals surface area contributed by atoms with E-state index in [9.17, 15) is 4.79 Å². The van der Waals surface area contributed by atoms with Crippen LogP contribution in [0.4, 0.5) is 0 Å². The minimum absolute atomic E-state index is 0.322. The fourth-order valence-electron chi connectivity index (χ4n) is 3.69. The molecule has 5 nitrogen and oxygen atoms in total. The van der Waals surface area contributed by atoms with E-state index in [1.165, 1.54) is 11.1 Å². The Morgan fingerprint density at radius 2 is 1.83 bits per heavy atom. The molecular weight excluding hydrogens is 394 g/mol. The molecule has 30 heavy (non-hydrogen) atoms. The first kappa shape index (κ1) is 20.4. The van der Waals surface area contributed by atoms with Gasteiger partial charge >= 0.3 is 5.63 Å². The largest absolute Gasteiger partial charge is 0.423 e. The molecule has 0 N–H and O–H groups in total. The van der Waals surface area contributed by atoms with Crippen molar-refractivity contribution in [3.05, 3.63) is 87.0 Å². The zero-order valence-corrected chi connectivity index (χ0v) is 18.5. The number of benzene rings is 2. The molecule has 0 aliphatic heterocycles. The summed E-state index contributed by atoms with van der Waals surface area (Å²) in [7, 11) is 0. The molecule has 0 bridgehead atoms. The van der Waals surface area contributed by atoms with Crippen molar-refractivity contribution in [2.45, 2.75) is 51.1 Å². The fraction of sp³-hybridized carbons (Fsp3) is 0.292. The van der Waals surface area contributed by atoms with Gasteiger partial charge in [0.1, 0.15) is 11.4 Å². The first-order chi connectivity index (χ1) is 14.4. The molecule has 4 aromatic rings. The maximum Gasteiger partial charge on any atom is 0.336 e. The quantitative estimate of drug-likeness (QED) is 0.306. The van der Waals surface area contributed by atoms with Gasteiger partial charge in [-0.15, -0.1) is 10.2 Å². The van der Waals surface area contributed by atoms with Crippen LogP contribution in [0.2, 0.25) is 0 Å². The highest BCUT2D eigenvalue weighted by atomic mass is 32.2. The molecule has 0 aliphatic rings. The van der Waals surface area contributed by atoms with Crippen molar-refractivity contribution in [2.75, 3.05) is 0 Å². The third-order valence-corrected chi connectivity index (χ3v) is 6.30. The number of aryl methyl sites for hydroxylation is 2. The summed E-state index contributed by atoms with van der Waals surface area (Å²) in [6.45, 7) is 9.10. The van der Waals surface area contributed by atoms with Gasteiger partial charge in [-0.2, -0.15) is 0 Å². The smallest absolute Gasteiger partial charge is 0.336 e. The lowest BCUT2D eigenvalue weighted by Crippen LogP contribution is -2.05. The predicted octanol–water partition coefficient (Wildman–Crippen LogP) is 5.47. The van der Waals surface area contributed by atoms with Crippen LogP contribution in [0.5, 0.6) is 0 Å². The van der Waals surface area contributed by atoms with Crippen LogP contribution < -0.4 is 5.63 Å². The highest BCUT2D eigenvalue weighted by Crippen LogP contribution is 2.30. The van der Waals surface area contributed by atoms with Gasteiger partial charge in [0.2, 0.25) is 0 Å². The highest BCUT2D eigenvalue weighted by Gasteiger charge is 2.14. The monoisotopic (exact) mass is 419 g/mol. The Hall–Kier alpha value is -2.86. The topological polar surface area (TPSA) is 60.9 Å². The molecule has 2 aromatic heterocycles. The van der Waals surface area contributed by atoms with Gasteiger partial charge in [0, 0.05) is 17.2 Å². The van der Waals surface area contributed by atoms with E-state index in [-0.39, 0.29) is 5.63 Å². The van der Waals surface area contributed by atoms with Crippen molar-refractivity contribution < 1.29 is 4.42 Å². The maximum absolute atomic E-state index is 12.1. The van der Waals surface area contributed by atoms with E-state index in [0.717, 1.165) is 34.0 Å². The van der Waals surface area contributed by atoms with Crippen molar-refractivity contribution in [1.29, 1.82) is 0 Å². The lowest BCUT2D eigenvalue weighted by molar-refractivity contribution is 0.559. The van der Waals surface area contributed by atoms with E-state index in [2.05, 4.69) is 53.7 Å². The number of thioether (sulfide) groups is 1. The summed E-state index contributed by atoms with van der Waals surface area (Å²) in [5.74, 6) is 1.89. The molecule has 2 heterocycles. The van der Waals surface area contributed by atoms with Gasteiger partial charge in [-0.1, -0.05) is 55.9 Å². The van der Waals surface area contributed by atoms with Gasteiger partial charge in [0.15, 0.2) is 5.16 Å². The molecule has 154 valence electrons. The van der Waals surface area contributed by atoms with Crippen molar-refractivity contribution in [1.82, 2.24) is 14.8 Å². The third kappa shape index (κ3) is 4.19. The number of nitrogens with zero attached hydrogens (tertiary/aromatic N) is 3. The Kier molecular flexibility index (Phi) is 5.77. The van der Waals surface area contributed by atoms with Crippen LogP contribution in [-0.4, -0.2) is 14.8 Å². The zero-order chi connectivity index (χ0) is 21.3. The van der Waals surface area contributed by atoms with E-state index < -0.39 is 0 Å². The second-order valence-corrected chi connectivity index (χ2v) is 8.78. The van der Waals surface area contributed by atoms with E-state index in [4.69, 9.17) is 4.42 Å². The summed E-state index contributed by atoms with van der Waals surface area (Å²) in [5, 5.41) is 10.5. The van der Waals surface area contributed by atoms with Crippen LogP contribution in [0, 0.1) is 13.8 Å². The standard InChI is InChI=1S/C24H25N3O2S/c1-15(2)20-12-21-19(11-23(28)29-22(21)10-16(20)3)14-30-24-26-25-17(4)27(24)13-18-8-6-5-7-9-18/h5-12,15H,13-14H2,1-4H3. The molecule has 6 heteroatoms. The van der Waals surface area contributed by atoms with Gasteiger partial charge in [-0.3, -0.25) is 0 Å². The summed E-state index contributed by atoms with van der Waals surface area (Å²) in [6, 6.07) is 16.0. The number of hydrogen-bond acceptors (Lipinski definition) is 5. The van der Waals surface area contributed by atoms with Crippen molar-refractivity contribution in [2.24, 2.45) is 0 Å². The average molecular weight is 420 g/mol. The Bertz CT molecular complexity index is 1240. The zero-order valence-electron chi connectivity index (χ0n) is 17.7. The van der Waals surface area contributed by atoms with Crippen molar-refractivity contribution in [3.8, 4) is 0 Å². The molecule has 0 spiro atoms. The second-order valence-electron chi connectivity index (χ2n) is 7.84. The van der Waals surface area contributed by atoms with Crippen LogP contribution >= 0.6 is 11.8 Å². The molecule has 0 saturated carbocycles. The molecule has 0 radical (unpaired) electrons. The fourth-order valence-corrected chi connectivity index (χ4v) is 4.67. The van der Waals surface area contributed by atoms with E-state index in [0.29, 0.717) is 17.3 Å².